The van der Waals surface area contributed by atoms with Gasteiger partial charge in [-0.05, 0) is 33.2 Å². The summed E-state index contributed by atoms with van der Waals surface area (Å²) in [4.78, 5) is 11.8. The molecule has 3 heterocycles. The molecule has 0 atom stereocenters. The molecule has 0 amide bonds. The first kappa shape index (κ1) is 13.7. The van der Waals surface area contributed by atoms with Gasteiger partial charge in [-0.25, -0.2) is 9.97 Å². The van der Waals surface area contributed by atoms with E-state index in [0.717, 1.165) is 27.4 Å². The third-order valence-corrected chi connectivity index (χ3v) is 4.81. The molecule has 4 rings (SSSR count). The molecule has 1 fully saturated rings. The third-order valence-electron chi connectivity index (χ3n) is 4.81. The minimum Gasteiger partial charge on any atom is -0.399 e. The van der Waals surface area contributed by atoms with Gasteiger partial charge in [-0.15, -0.1) is 0 Å². The van der Waals surface area contributed by atoms with E-state index in [1.54, 1.807) is 6.33 Å². The van der Waals surface area contributed by atoms with Gasteiger partial charge < -0.3 is 14.3 Å². The van der Waals surface area contributed by atoms with E-state index in [2.05, 4.69) is 54.8 Å². The van der Waals surface area contributed by atoms with E-state index in [1.807, 2.05) is 12.3 Å². The number of rotatable bonds is 1. The summed E-state index contributed by atoms with van der Waals surface area (Å²) in [6.45, 7) is 8.23. The molecule has 0 unspecified atom stereocenters. The van der Waals surface area contributed by atoms with Crippen molar-refractivity contribution >= 4 is 34.5 Å². The van der Waals surface area contributed by atoms with Crippen molar-refractivity contribution in [3.8, 4) is 0 Å². The van der Waals surface area contributed by atoms with Crippen LogP contribution in [0.5, 0.6) is 0 Å². The molecule has 112 valence electrons. The van der Waals surface area contributed by atoms with E-state index in [-0.39, 0.29) is 18.3 Å². The lowest BCUT2D eigenvalue weighted by Crippen LogP contribution is -2.41. The van der Waals surface area contributed by atoms with E-state index in [9.17, 15) is 0 Å². The number of H-pyrrole nitrogens is 1. The van der Waals surface area contributed by atoms with Crippen molar-refractivity contribution < 1.29 is 9.31 Å². The lowest BCUT2D eigenvalue weighted by Gasteiger charge is -2.32. The first-order valence-electron chi connectivity index (χ1n) is 7.45. The predicted octanol–water partition coefficient (Wildman–Crippen LogP) is 2.41. The average molecular weight is 295 g/mol. The molecular formula is C16H18BN3O2. The van der Waals surface area contributed by atoms with Gasteiger partial charge in [0.05, 0.1) is 17.5 Å². The van der Waals surface area contributed by atoms with E-state index in [4.69, 9.17) is 9.31 Å². The average Bonchev–Trinajstić information content (AvgIpc) is 3.01. The molecule has 1 saturated heterocycles. The lowest BCUT2D eigenvalue weighted by molar-refractivity contribution is 0.00578. The number of fused-ring (bicyclic) bond motifs is 3. The molecule has 22 heavy (non-hydrogen) atoms. The van der Waals surface area contributed by atoms with Crippen LogP contribution in [0.25, 0.3) is 21.9 Å². The highest BCUT2D eigenvalue weighted by Gasteiger charge is 2.51. The highest BCUT2D eigenvalue weighted by Crippen LogP contribution is 2.36. The smallest absolute Gasteiger partial charge is 0.399 e. The first-order chi connectivity index (χ1) is 10.4. The number of hydrogen-bond acceptors (Lipinski definition) is 4. The van der Waals surface area contributed by atoms with Gasteiger partial charge in [-0.2, -0.15) is 0 Å². The number of aromatic amines is 1. The second kappa shape index (κ2) is 4.30. The van der Waals surface area contributed by atoms with Crippen molar-refractivity contribution in [1.82, 2.24) is 15.0 Å². The summed E-state index contributed by atoms with van der Waals surface area (Å²) < 4.78 is 12.2. The highest BCUT2D eigenvalue weighted by atomic mass is 16.7. The van der Waals surface area contributed by atoms with Gasteiger partial charge in [0, 0.05) is 17.0 Å². The second-order valence-corrected chi connectivity index (χ2v) is 6.79. The molecule has 0 aliphatic carbocycles. The summed E-state index contributed by atoms with van der Waals surface area (Å²) in [5, 5.41) is 2.11. The van der Waals surface area contributed by atoms with E-state index < -0.39 is 0 Å². The van der Waals surface area contributed by atoms with Crippen LogP contribution in [0.3, 0.4) is 0 Å². The van der Waals surface area contributed by atoms with Gasteiger partial charge in [0.2, 0.25) is 0 Å². The van der Waals surface area contributed by atoms with Crippen LogP contribution < -0.4 is 5.46 Å². The summed E-state index contributed by atoms with van der Waals surface area (Å²) in [5.74, 6) is 0. The maximum absolute atomic E-state index is 6.11. The predicted molar refractivity (Wildman–Crippen MR) is 87.1 cm³/mol. The van der Waals surface area contributed by atoms with E-state index >= 15 is 0 Å². The molecule has 1 aliphatic heterocycles. The zero-order chi connectivity index (χ0) is 15.5. The van der Waals surface area contributed by atoms with Crippen LogP contribution in [0, 0.1) is 0 Å². The van der Waals surface area contributed by atoms with Crippen molar-refractivity contribution in [2.45, 2.75) is 38.9 Å². The molecule has 1 aromatic carbocycles. The van der Waals surface area contributed by atoms with Crippen molar-refractivity contribution in [3.63, 3.8) is 0 Å². The minimum absolute atomic E-state index is 0.336. The highest BCUT2D eigenvalue weighted by molar-refractivity contribution is 6.62. The van der Waals surface area contributed by atoms with Crippen LogP contribution in [0.1, 0.15) is 27.7 Å². The second-order valence-electron chi connectivity index (χ2n) is 6.79. The number of pyridine rings is 1. The Hall–Kier alpha value is -1.92. The topological polar surface area (TPSA) is 60.0 Å². The number of aromatic nitrogens is 3. The molecule has 6 heteroatoms. The minimum atomic E-state index is -0.357. The van der Waals surface area contributed by atoms with Crippen LogP contribution >= 0.6 is 0 Å². The van der Waals surface area contributed by atoms with Crippen LogP contribution in [0.2, 0.25) is 0 Å². The molecule has 0 saturated carbocycles. The normalized spacial score (nSPS) is 20.1. The molecule has 0 bridgehead atoms. The molecule has 1 aliphatic rings. The molecule has 5 nitrogen and oxygen atoms in total. The number of nitrogens with one attached hydrogen (secondary N) is 1. The maximum Gasteiger partial charge on any atom is 0.494 e. The Balaban J connectivity index is 1.79. The SMILES string of the molecule is CC1(C)OB(c2ccc3c(cnc4[nH]cnc43)c2)OC1(C)C. The van der Waals surface area contributed by atoms with Crippen LogP contribution in [0.4, 0.5) is 0 Å². The molecule has 0 spiro atoms. The Labute approximate surface area is 129 Å². The van der Waals surface area contributed by atoms with Crippen molar-refractivity contribution in [2.24, 2.45) is 0 Å². The van der Waals surface area contributed by atoms with Crippen LogP contribution in [0.15, 0.2) is 30.7 Å². The third kappa shape index (κ3) is 1.87. The Bertz CT molecular complexity index is 856. The van der Waals surface area contributed by atoms with Gasteiger partial charge in [0.25, 0.3) is 0 Å². The zero-order valence-electron chi connectivity index (χ0n) is 13.2. The summed E-state index contributed by atoms with van der Waals surface area (Å²) >= 11 is 0. The Morgan fingerprint density at radius 2 is 1.77 bits per heavy atom. The Morgan fingerprint density at radius 3 is 2.50 bits per heavy atom. The van der Waals surface area contributed by atoms with Gasteiger partial charge in [-0.1, -0.05) is 18.2 Å². The summed E-state index contributed by atoms with van der Waals surface area (Å²) in [6.07, 6.45) is 3.52. The number of nitrogens with zero attached hydrogens (tertiary/aromatic N) is 2. The van der Waals surface area contributed by atoms with Gasteiger partial charge in [0.15, 0.2) is 5.65 Å². The van der Waals surface area contributed by atoms with Crippen LogP contribution in [-0.4, -0.2) is 33.3 Å². The molecule has 1 N–H and O–H groups in total. The number of imidazole rings is 1. The molecule has 3 aromatic rings. The molecule has 2 aromatic heterocycles. The summed E-state index contributed by atoms with van der Waals surface area (Å²) in [7, 11) is -0.357. The fourth-order valence-electron chi connectivity index (χ4n) is 2.75. The van der Waals surface area contributed by atoms with Crippen LogP contribution in [-0.2, 0) is 9.31 Å². The first-order valence-corrected chi connectivity index (χ1v) is 7.45. The fraction of sp³-hybridized carbons (Fsp3) is 0.375. The monoisotopic (exact) mass is 295 g/mol. The van der Waals surface area contributed by atoms with Crippen molar-refractivity contribution in [2.75, 3.05) is 0 Å². The Kier molecular flexibility index (Phi) is 2.69. The van der Waals surface area contributed by atoms with E-state index in [1.165, 1.54) is 0 Å². The maximum atomic E-state index is 6.11. The summed E-state index contributed by atoms with van der Waals surface area (Å²) in [5.41, 5.74) is 2.02. The van der Waals surface area contributed by atoms with Gasteiger partial charge >= 0.3 is 7.12 Å². The van der Waals surface area contributed by atoms with Gasteiger partial charge in [-0.3, -0.25) is 0 Å². The molecular weight excluding hydrogens is 277 g/mol. The summed E-state index contributed by atoms with van der Waals surface area (Å²) in [6, 6.07) is 6.16. The standard InChI is InChI=1S/C16H18BN3O2/c1-15(2)16(3,4)22-17(21-15)11-5-6-12-10(7-11)8-18-14-13(12)19-9-20-14/h5-9H,1-4H3,(H,18,19,20). The van der Waals surface area contributed by atoms with E-state index in [0.29, 0.717) is 0 Å². The zero-order valence-corrected chi connectivity index (χ0v) is 13.2. The number of hydrogen-bond donors (Lipinski definition) is 1. The van der Waals surface area contributed by atoms with Crippen molar-refractivity contribution in [3.05, 3.63) is 30.7 Å². The number of benzene rings is 1. The van der Waals surface area contributed by atoms with Crippen molar-refractivity contribution in [1.29, 1.82) is 0 Å². The fourth-order valence-corrected chi connectivity index (χ4v) is 2.75. The Morgan fingerprint density at radius 1 is 1.05 bits per heavy atom. The lowest BCUT2D eigenvalue weighted by atomic mass is 9.78. The van der Waals surface area contributed by atoms with Gasteiger partial charge in [0.1, 0.15) is 5.52 Å². The molecule has 0 radical (unpaired) electrons. The quantitative estimate of drug-likeness (QED) is 0.700. The largest absolute Gasteiger partial charge is 0.494 e.